The molecule has 3 rings (SSSR count). The van der Waals surface area contributed by atoms with Crippen LogP contribution >= 0.6 is 0 Å². The van der Waals surface area contributed by atoms with Crippen molar-refractivity contribution in [2.24, 2.45) is 5.92 Å². The van der Waals surface area contributed by atoms with Gasteiger partial charge in [-0.2, -0.15) is 13.2 Å². The number of halogens is 3. The van der Waals surface area contributed by atoms with E-state index in [9.17, 15) is 31.2 Å². The van der Waals surface area contributed by atoms with Gasteiger partial charge in [-0.1, -0.05) is 18.2 Å². The van der Waals surface area contributed by atoms with Gasteiger partial charge in [0.15, 0.2) is 0 Å². The molecule has 11 heteroatoms. The van der Waals surface area contributed by atoms with Gasteiger partial charge in [-0.15, -0.1) is 0 Å². The fraction of sp³-hybridized carbons (Fsp3) is 0.364. The van der Waals surface area contributed by atoms with Crippen LogP contribution in [-0.4, -0.2) is 44.9 Å². The molecule has 0 saturated carbocycles. The van der Waals surface area contributed by atoms with Crippen LogP contribution in [0.2, 0.25) is 0 Å². The summed E-state index contributed by atoms with van der Waals surface area (Å²) in [5.41, 5.74) is -1.09. The molecule has 0 unspecified atom stereocenters. The van der Waals surface area contributed by atoms with Crippen LogP contribution in [0.1, 0.15) is 35.7 Å². The Morgan fingerprint density at radius 1 is 1.09 bits per heavy atom. The van der Waals surface area contributed by atoms with E-state index in [0.717, 1.165) is 18.2 Å². The maximum Gasteiger partial charge on any atom is 0.416 e. The SMILES string of the molecule is CCOC(=O)C1CCN(C(=O)c2ccccc2NS(=O)(=O)c2cccc(C(F)(F)F)c2)CC1. The van der Waals surface area contributed by atoms with E-state index in [1.807, 2.05) is 0 Å². The number of nitrogens with one attached hydrogen (secondary N) is 1. The van der Waals surface area contributed by atoms with Crippen LogP contribution < -0.4 is 4.72 Å². The quantitative estimate of drug-likeness (QED) is 0.628. The van der Waals surface area contributed by atoms with Gasteiger partial charge in [0, 0.05) is 13.1 Å². The molecule has 2 aromatic carbocycles. The Hall–Kier alpha value is -3.08. The number of hydrogen-bond donors (Lipinski definition) is 1. The van der Waals surface area contributed by atoms with Crippen LogP contribution in [-0.2, 0) is 25.7 Å². The molecule has 0 radical (unpaired) electrons. The first-order chi connectivity index (χ1) is 15.5. The van der Waals surface area contributed by atoms with E-state index < -0.39 is 32.6 Å². The number of anilines is 1. The van der Waals surface area contributed by atoms with Crippen molar-refractivity contribution in [2.45, 2.75) is 30.8 Å². The molecule has 1 N–H and O–H groups in total. The van der Waals surface area contributed by atoms with Crippen molar-refractivity contribution in [1.29, 1.82) is 0 Å². The molecule has 7 nitrogen and oxygen atoms in total. The van der Waals surface area contributed by atoms with Crippen molar-refractivity contribution in [3.8, 4) is 0 Å². The average Bonchev–Trinajstić information content (AvgIpc) is 2.78. The molecule has 0 bridgehead atoms. The van der Waals surface area contributed by atoms with Crippen LogP contribution in [0.15, 0.2) is 53.4 Å². The second-order valence-corrected chi connectivity index (χ2v) is 9.18. The third-order valence-corrected chi connectivity index (χ3v) is 6.64. The minimum atomic E-state index is -4.70. The second kappa shape index (κ2) is 9.82. The van der Waals surface area contributed by atoms with Crippen molar-refractivity contribution in [3.05, 3.63) is 59.7 Å². The number of carbonyl (C=O) groups is 2. The van der Waals surface area contributed by atoms with Crippen molar-refractivity contribution >= 4 is 27.6 Å². The van der Waals surface area contributed by atoms with Gasteiger partial charge in [-0.25, -0.2) is 8.42 Å². The molecule has 1 saturated heterocycles. The molecule has 33 heavy (non-hydrogen) atoms. The number of benzene rings is 2. The Balaban J connectivity index is 1.78. The topological polar surface area (TPSA) is 92.8 Å². The summed E-state index contributed by atoms with van der Waals surface area (Å²) < 4.78 is 71.7. The maximum atomic E-state index is 13.1. The zero-order valence-corrected chi connectivity index (χ0v) is 18.6. The number of ether oxygens (including phenoxy) is 1. The lowest BCUT2D eigenvalue weighted by atomic mass is 9.96. The third-order valence-electron chi connectivity index (χ3n) is 5.28. The number of likely N-dealkylation sites (tertiary alicyclic amines) is 1. The van der Waals surface area contributed by atoms with Crippen LogP contribution in [0.5, 0.6) is 0 Å². The minimum absolute atomic E-state index is 0.0487. The van der Waals surface area contributed by atoms with Crippen LogP contribution in [0.25, 0.3) is 0 Å². The first-order valence-corrected chi connectivity index (χ1v) is 11.8. The normalized spacial score (nSPS) is 15.2. The van der Waals surface area contributed by atoms with E-state index in [4.69, 9.17) is 4.74 Å². The summed E-state index contributed by atoms with van der Waals surface area (Å²) in [6.07, 6.45) is -3.86. The number of hydrogen-bond acceptors (Lipinski definition) is 5. The molecule has 2 aromatic rings. The monoisotopic (exact) mass is 484 g/mol. The average molecular weight is 484 g/mol. The minimum Gasteiger partial charge on any atom is -0.466 e. The third kappa shape index (κ3) is 5.84. The molecule has 0 aromatic heterocycles. The van der Waals surface area contributed by atoms with Crippen molar-refractivity contribution in [2.75, 3.05) is 24.4 Å². The molecule has 1 aliphatic rings. The summed E-state index contributed by atoms with van der Waals surface area (Å²) in [5.74, 6) is -1.05. The number of amides is 1. The molecule has 1 heterocycles. The van der Waals surface area contributed by atoms with Gasteiger partial charge in [-0.05, 0) is 50.1 Å². The molecule has 1 fully saturated rings. The lowest BCUT2D eigenvalue weighted by Crippen LogP contribution is -2.41. The predicted molar refractivity (Wildman–Crippen MR) is 114 cm³/mol. The lowest BCUT2D eigenvalue weighted by molar-refractivity contribution is -0.149. The summed E-state index contributed by atoms with van der Waals surface area (Å²) in [7, 11) is -4.39. The Morgan fingerprint density at radius 3 is 2.39 bits per heavy atom. The number of rotatable bonds is 6. The van der Waals surface area contributed by atoms with Gasteiger partial charge < -0.3 is 9.64 Å². The Labute approximate surface area is 189 Å². The zero-order valence-electron chi connectivity index (χ0n) is 17.8. The summed E-state index contributed by atoms with van der Waals surface area (Å²) >= 11 is 0. The highest BCUT2D eigenvalue weighted by atomic mass is 32.2. The fourth-order valence-corrected chi connectivity index (χ4v) is 4.68. The Bertz CT molecular complexity index is 1130. The largest absolute Gasteiger partial charge is 0.466 e. The molecule has 0 spiro atoms. The molecule has 0 atom stereocenters. The molecular formula is C22H23F3N2O5S. The van der Waals surface area contributed by atoms with Gasteiger partial charge in [0.1, 0.15) is 0 Å². The van der Waals surface area contributed by atoms with Gasteiger partial charge in [-0.3, -0.25) is 14.3 Å². The number of nitrogens with zero attached hydrogens (tertiary/aromatic N) is 1. The second-order valence-electron chi connectivity index (χ2n) is 7.50. The van der Waals surface area contributed by atoms with Crippen molar-refractivity contribution < 1.29 is 35.9 Å². The zero-order chi connectivity index (χ0) is 24.2. The van der Waals surface area contributed by atoms with E-state index in [1.165, 1.54) is 23.1 Å². The summed E-state index contributed by atoms with van der Waals surface area (Å²) in [6.45, 7) is 2.57. The van der Waals surface area contributed by atoms with Crippen LogP contribution in [0.4, 0.5) is 18.9 Å². The smallest absolute Gasteiger partial charge is 0.416 e. The van der Waals surface area contributed by atoms with E-state index in [0.29, 0.717) is 18.9 Å². The molecule has 178 valence electrons. The number of carbonyl (C=O) groups excluding carboxylic acids is 2. The number of alkyl halides is 3. The van der Waals surface area contributed by atoms with Crippen LogP contribution in [0.3, 0.4) is 0 Å². The van der Waals surface area contributed by atoms with Crippen molar-refractivity contribution in [3.63, 3.8) is 0 Å². The summed E-state index contributed by atoms with van der Waals surface area (Å²) in [5, 5.41) is 0. The number of piperidine rings is 1. The van der Waals surface area contributed by atoms with Gasteiger partial charge in [0.25, 0.3) is 15.9 Å². The molecule has 1 amide bonds. The Morgan fingerprint density at radius 2 is 1.76 bits per heavy atom. The predicted octanol–water partition coefficient (Wildman–Crippen LogP) is 3.92. The van der Waals surface area contributed by atoms with Gasteiger partial charge in [0.05, 0.1) is 34.2 Å². The lowest BCUT2D eigenvalue weighted by Gasteiger charge is -2.31. The van der Waals surface area contributed by atoms with E-state index >= 15 is 0 Å². The first kappa shape index (κ1) is 24.6. The molecule has 1 aliphatic heterocycles. The number of para-hydroxylation sites is 1. The number of esters is 1. The molecule has 0 aliphatic carbocycles. The van der Waals surface area contributed by atoms with E-state index in [2.05, 4.69) is 4.72 Å². The fourth-order valence-electron chi connectivity index (χ4n) is 3.55. The molecular weight excluding hydrogens is 461 g/mol. The van der Waals surface area contributed by atoms with E-state index in [-0.39, 0.29) is 42.8 Å². The van der Waals surface area contributed by atoms with Gasteiger partial charge in [0.2, 0.25) is 0 Å². The standard InChI is InChI=1S/C22H23F3N2O5S/c1-2-32-21(29)15-10-12-27(13-11-15)20(28)18-8-3-4-9-19(18)26-33(30,31)17-7-5-6-16(14-17)22(23,24)25/h3-9,14-15,26H,2,10-13H2,1H3. The van der Waals surface area contributed by atoms with Crippen LogP contribution in [0, 0.1) is 5.92 Å². The highest BCUT2D eigenvalue weighted by Crippen LogP contribution is 2.31. The summed E-state index contributed by atoms with van der Waals surface area (Å²) in [6, 6.07) is 9.22. The number of sulfonamides is 1. The summed E-state index contributed by atoms with van der Waals surface area (Å²) in [4.78, 5) is 25.9. The highest BCUT2D eigenvalue weighted by Gasteiger charge is 2.32. The Kier molecular flexibility index (Phi) is 7.31. The highest BCUT2D eigenvalue weighted by molar-refractivity contribution is 7.92. The first-order valence-electron chi connectivity index (χ1n) is 10.3. The maximum absolute atomic E-state index is 13.1. The van der Waals surface area contributed by atoms with Gasteiger partial charge >= 0.3 is 12.1 Å². The van der Waals surface area contributed by atoms with E-state index in [1.54, 1.807) is 13.0 Å². The van der Waals surface area contributed by atoms with Crippen molar-refractivity contribution in [1.82, 2.24) is 4.90 Å².